The number of benzene rings is 1. The molecule has 0 aliphatic carbocycles. The minimum atomic E-state index is -0.732. The van der Waals surface area contributed by atoms with Gasteiger partial charge >= 0.3 is 0 Å². The van der Waals surface area contributed by atoms with Crippen LogP contribution >= 0.6 is 0 Å². The van der Waals surface area contributed by atoms with E-state index >= 15 is 0 Å². The molecule has 0 aliphatic heterocycles. The van der Waals surface area contributed by atoms with E-state index in [1.54, 1.807) is 0 Å². The maximum atomic E-state index is 6.96. The molecular formula is C30H55AlO. The average Bonchev–Trinajstić information content (AvgIpc) is 2.82. The molecule has 0 N–H and O–H groups in total. The molecule has 2 heteroatoms. The van der Waals surface area contributed by atoms with E-state index in [0.717, 1.165) is 5.75 Å². The van der Waals surface area contributed by atoms with Gasteiger partial charge < -0.3 is 4.74 Å². The molecule has 1 aromatic carbocycles. The molecule has 0 bridgehead atoms. The van der Waals surface area contributed by atoms with Crippen LogP contribution in [0.1, 0.15) is 130 Å². The third kappa shape index (κ3) is 14.0. The van der Waals surface area contributed by atoms with E-state index in [1.165, 1.54) is 119 Å². The lowest BCUT2D eigenvalue weighted by Crippen LogP contribution is -2.40. The smallest absolute Gasteiger partial charge is 0.267 e. The van der Waals surface area contributed by atoms with Crippen molar-refractivity contribution >= 4 is 14.1 Å². The first-order valence-electron chi connectivity index (χ1n) is 14.4. The summed E-state index contributed by atoms with van der Waals surface area (Å²) in [4.78, 5) is 0. The van der Waals surface area contributed by atoms with Crippen LogP contribution < -0.4 is 4.74 Å². The van der Waals surface area contributed by atoms with E-state index in [1.807, 2.05) is 0 Å². The summed E-state index contributed by atoms with van der Waals surface area (Å²) >= 11 is -0.732. The molecule has 0 saturated carbocycles. The quantitative estimate of drug-likeness (QED) is 0.124. The Labute approximate surface area is 206 Å². The van der Waals surface area contributed by atoms with Crippen LogP contribution in [0.15, 0.2) is 30.3 Å². The molecule has 0 amide bonds. The van der Waals surface area contributed by atoms with Crippen molar-refractivity contribution in [1.82, 2.24) is 0 Å². The zero-order valence-electron chi connectivity index (χ0n) is 22.3. The van der Waals surface area contributed by atoms with Crippen molar-refractivity contribution in [3.05, 3.63) is 30.3 Å². The van der Waals surface area contributed by atoms with Crippen LogP contribution in [0.2, 0.25) is 15.8 Å². The number of rotatable bonds is 22. The first-order chi connectivity index (χ1) is 15.7. The topological polar surface area (TPSA) is 9.23 Å². The molecule has 0 saturated heterocycles. The van der Waals surface area contributed by atoms with Crippen LogP contribution in [-0.2, 0) is 0 Å². The highest BCUT2D eigenvalue weighted by atomic mass is 27.2. The summed E-state index contributed by atoms with van der Waals surface area (Å²) in [5.74, 6) is 1.10. The molecule has 0 aromatic heterocycles. The zero-order valence-corrected chi connectivity index (χ0v) is 23.5. The average molecular weight is 459 g/mol. The van der Waals surface area contributed by atoms with Crippen LogP contribution in [-0.4, -0.2) is 19.7 Å². The van der Waals surface area contributed by atoms with Gasteiger partial charge in [-0.05, 0) is 37.8 Å². The van der Waals surface area contributed by atoms with Gasteiger partial charge in [0.15, 0.2) is 0 Å². The van der Waals surface area contributed by atoms with Crippen LogP contribution in [0.3, 0.4) is 0 Å². The second-order valence-electron chi connectivity index (χ2n) is 10.2. The SMILES string of the molecule is CCCCCCCCCC(CCCCCCCCC)([CH2][Al]([CH2]C)[CH2]C)Oc1ccccc1. The van der Waals surface area contributed by atoms with E-state index in [9.17, 15) is 0 Å². The van der Waals surface area contributed by atoms with Gasteiger partial charge in [-0.25, -0.2) is 0 Å². The molecule has 1 rings (SSSR count). The van der Waals surface area contributed by atoms with Gasteiger partial charge in [0.25, 0.3) is 14.1 Å². The van der Waals surface area contributed by atoms with Crippen LogP contribution in [0.5, 0.6) is 5.75 Å². The predicted octanol–water partition coefficient (Wildman–Crippen LogP) is 10.6. The Hall–Kier alpha value is -0.448. The number of para-hydroxylation sites is 1. The van der Waals surface area contributed by atoms with Crippen molar-refractivity contribution in [2.24, 2.45) is 0 Å². The van der Waals surface area contributed by atoms with Crippen molar-refractivity contribution in [2.75, 3.05) is 0 Å². The minimum absolute atomic E-state index is 0.0805. The number of ether oxygens (including phenoxy) is 1. The minimum Gasteiger partial charge on any atom is -0.489 e. The molecule has 0 aliphatic rings. The summed E-state index contributed by atoms with van der Waals surface area (Å²) in [5.41, 5.74) is 0.0805. The van der Waals surface area contributed by atoms with E-state index < -0.39 is 14.1 Å². The van der Waals surface area contributed by atoms with Crippen molar-refractivity contribution in [3.8, 4) is 5.75 Å². The molecule has 0 radical (unpaired) electrons. The predicted molar refractivity (Wildman–Crippen MR) is 147 cm³/mol. The third-order valence-corrected chi connectivity index (χ3v) is 11.0. The fourth-order valence-electron chi connectivity index (χ4n) is 5.12. The van der Waals surface area contributed by atoms with E-state index in [0.29, 0.717) is 0 Å². The summed E-state index contributed by atoms with van der Waals surface area (Å²) in [6.07, 6.45) is 21.9. The van der Waals surface area contributed by atoms with Gasteiger partial charge in [-0.15, -0.1) is 0 Å². The Balaban J connectivity index is 2.75. The van der Waals surface area contributed by atoms with Gasteiger partial charge in [-0.2, -0.15) is 0 Å². The molecule has 32 heavy (non-hydrogen) atoms. The van der Waals surface area contributed by atoms with Crippen LogP contribution in [0.25, 0.3) is 0 Å². The highest BCUT2D eigenvalue weighted by molar-refractivity contribution is 6.58. The Morgan fingerprint density at radius 3 is 1.47 bits per heavy atom. The van der Waals surface area contributed by atoms with E-state index in [2.05, 4.69) is 58.0 Å². The van der Waals surface area contributed by atoms with E-state index in [4.69, 9.17) is 4.74 Å². The summed E-state index contributed by atoms with van der Waals surface area (Å²) in [7, 11) is 0. The van der Waals surface area contributed by atoms with Gasteiger partial charge in [0, 0.05) is 0 Å². The van der Waals surface area contributed by atoms with Crippen molar-refractivity contribution in [2.45, 2.75) is 152 Å². The molecule has 184 valence electrons. The molecule has 0 unspecified atom stereocenters. The lowest BCUT2D eigenvalue weighted by Gasteiger charge is -2.37. The summed E-state index contributed by atoms with van der Waals surface area (Å²) < 4.78 is 6.96. The summed E-state index contributed by atoms with van der Waals surface area (Å²) in [6.45, 7) is 9.46. The Kier molecular flexibility index (Phi) is 18.5. The van der Waals surface area contributed by atoms with Crippen LogP contribution in [0.4, 0.5) is 0 Å². The third-order valence-electron chi connectivity index (χ3n) is 7.36. The van der Waals surface area contributed by atoms with Gasteiger partial charge in [-0.1, -0.05) is 139 Å². The number of unbranched alkanes of at least 4 members (excludes halogenated alkanes) is 12. The second-order valence-corrected chi connectivity index (χ2v) is 14.0. The van der Waals surface area contributed by atoms with Crippen molar-refractivity contribution in [3.63, 3.8) is 0 Å². The van der Waals surface area contributed by atoms with Crippen molar-refractivity contribution < 1.29 is 4.74 Å². The molecule has 0 fully saturated rings. The molecule has 0 atom stereocenters. The van der Waals surface area contributed by atoms with E-state index in [-0.39, 0.29) is 5.60 Å². The highest BCUT2D eigenvalue weighted by Gasteiger charge is 2.35. The summed E-state index contributed by atoms with van der Waals surface area (Å²) in [5, 5.41) is 4.18. The van der Waals surface area contributed by atoms with Crippen molar-refractivity contribution in [1.29, 1.82) is 0 Å². The molecule has 1 nitrogen and oxygen atoms in total. The maximum Gasteiger partial charge on any atom is 0.267 e. The molecule has 0 heterocycles. The fourth-order valence-corrected chi connectivity index (χ4v) is 7.82. The van der Waals surface area contributed by atoms with Gasteiger partial charge in [0.2, 0.25) is 0 Å². The van der Waals surface area contributed by atoms with Gasteiger partial charge in [0.1, 0.15) is 5.75 Å². The fraction of sp³-hybridized carbons (Fsp3) is 0.800. The number of hydrogen-bond acceptors (Lipinski definition) is 1. The van der Waals surface area contributed by atoms with Gasteiger partial charge in [-0.3, -0.25) is 0 Å². The molecule has 0 spiro atoms. The number of hydrogen-bond donors (Lipinski definition) is 0. The molecular weight excluding hydrogens is 403 g/mol. The normalized spacial score (nSPS) is 11.6. The van der Waals surface area contributed by atoms with Gasteiger partial charge in [0.05, 0.1) is 5.60 Å². The molecule has 1 aromatic rings. The first-order valence-corrected chi connectivity index (χ1v) is 16.9. The monoisotopic (exact) mass is 458 g/mol. The lowest BCUT2D eigenvalue weighted by molar-refractivity contribution is 0.0628. The largest absolute Gasteiger partial charge is 0.489 e. The van der Waals surface area contributed by atoms with Crippen LogP contribution in [0, 0.1) is 0 Å². The standard InChI is InChI=1S/C26H45O.2C2H5.Al/c1-4-6-8-10-12-14-19-23-26(3,27-25-21-17-16-18-22-25)24-20-15-13-11-9-7-5-2;2*1-2;/h16-18,21-22H,3-15,19-20,23-24H2,1-2H3;2*1H2,2H3;. The lowest BCUT2D eigenvalue weighted by atomic mass is 9.90. The Morgan fingerprint density at radius 2 is 1.03 bits per heavy atom. The highest BCUT2D eigenvalue weighted by Crippen LogP contribution is 2.35. The Bertz CT molecular complexity index is 493. The summed E-state index contributed by atoms with van der Waals surface area (Å²) in [6, 6.07) is 10.7. The zero-order chi connectivity index (χ0) is 23.3. The first kappa shape index (κ1) is 29.6. The Morgan fingerprint density at radius 1 is 0.594 bits per heavy atom. The second kappa shape index (κ2) is 20.0. The maximum absolute atomic E-state index is 6.96.